The molecule has 3 aromatic rings. The van der Waals surface area contributed by atoms with Crippen LogP contribution in [0.5, 0.6) is 5.75 Å². The summed E-state index contributed by atoms with van der Waals surface area (Å²) in [5.41, 5.74) is -0.796. The van der Waals surface area contributed by atoms with E-state index in [0.717, 1.165) is 49.3 Å². The summed E-state index contributed by atoms with van der Waals surface area (Å²) in [5.74, 6) is 0.628. The summed E-state index contributed by atoms with van der Waals surface area (Å²) in [6.07, 6.45) is 1.85. The lowest BCUT2D eigenvalue weighted by Crippen LogP contribution is -3.00. The number of hydrogen-bond donors (Lipinski definition) is 1. The minimum absolute atomic E-state index is 0. The van der Waals surface area contributed by atoms with Gasteiger partial charge in [0.25, 0.3) is 0 Å². The molecule has 1 unspecified atom stereocenters. The topological polar surface area (TPSA) is 55.8 Å². The monoisotopic (exact) mass is 537 g/mol. The van der Waals surface area contributed by atoms with Crippen molar-refractivity contribution in [3.63, 3.8) is 0 Å². The number of benzene rings is 3. The van der Waals surface area contributed by atoms with Gasteiger partial charge in [-0.1, -0.05) is 78.9 Å². The van der Waals surface area contributed by atoms with Crippen LogP contribution in [0.25, 0.3) is 0 Å². The van der Waals surface area contributed by atoms with Gasteiger partial charge in [-0.3, -0.25) is 0 Å². The maximum Gasteiger partial charge on any atom is 0.348 e. The molecule has 0 saturated carbocycles. The van der Waals surface area contributed by atoms with Gasteiger partial charge in [-0.2, -0.15) is 0 Å². The van der Waals surface area contributed by atoms with Crippen molar-refractivity contribution in [1.29, 1.82) is 0 Å². The highest BCUT2D eigenvalue weighted by atomic mass is 79.9. The highest BCUT2D eigenvalue weighted by Crippen LogP contribution is 2.38. The Morgan fingerprint density at radius 1 is 0.857 bits per heavy atom. The second-order valence-corrected chi connectivity index (χ2v) is 9.58. The van der Waals surface area contributed by atoms with Crippen LogP contribution in [0, 0.1) is 5.92 Å². The highest BCUT2D eigenvalue weighted by Gasteiger charge is 2.50. The number of halogens is 1. The van der Waals surface area contributed by atoms with Crippen LogP contribution < -0.4 is 21.7 Å². The number of fused-ring (bicyclic) bond motifs is 3. The number of ether oxygens (including phenoxy) is 2. The Balaban J connectivity index is 0.00000289. The molecule has 1 atom stereocenters. The highest BCUT2D eigenvalue weighted by molar-refractivity contribution is 5.85. The van der Waals surface area contributed by atoms with E-state index >= 15 is 0 Å². The van der Waals surface area contributed by atoms with Gasteiger partial charge in [0, 0.05) is 18.8 Å². The number of rotatable bonds is 8. The van der Waals surface area contributed by atoms with Crippen molar-refractivity contribution >= 4 is 5.97 Å². The Morgan fingerprint density at radius 3 is 1.91 bits per heavy atom. The average molecular weight is 538 g/mol. The average Bonchev–Trinajstić information content (AvgIpc) is 2.90. The SMILES string of the molecule is O=C(OC1C[N+]2(CCOc3ccccc3)CCC1CC2)C(O)(c1ccccc1)c1ccccc1.[Br-]. The zero-order valence-electron chi connectivity index (χ0n) is 19.8. The van der Waals surface area contributed by atoms with Crippen LogP contribution in [-0.4, -0.2) is 54.4 Å². The summed E-state index contributed by atoms with van der Waals surface area (Å²) in [4.78, 5) is 13.6. The third-order valence-corrected chi connectivity index (χ3v) is 7.56. The molecule has 0 aliphatic carbocycles. The van der Waals surface area contributed by atoms with E-state index in [2.05, 4.69) is 0 Å². The van der Waals surface area contributed by atoms with Crippen molar-refractivity contribution in [2.75, 3.05) is 32.8 Å². The van der Waals surface area contributed by atoms with Crippen LogP contribution in [0.4, 0.5) is 0 Å². The van der Waals surface area contributed by atoms with Crippen molar-refractivity contribution in [3.05, 3.63) is 102 Å². The van der Waals surface area contributed by atoms with E-state index in [0.29, 0.717) is 23.7 Å². The number of hydrogen-bond acceptors (Lipinski definition) is 4. The number of aliphatic hydroxyl groups is 1. The molecule has 3 heterocycles. The number of nitrogens with zero attached hydrogens (tertiary/aromatic N) is 1. The first-order valence-corrected chi connectivity index (χ1v) is 12.2. The van der Waals surface area contributed by atoms with Gasteiger partial charge in [-0.25, -0.2) is 4.79 Å². The minimum atomic E-state index is -1.84. The summed E-state index contributed by atoms with van der Waals surface area (Å²) in [6.45, 7) is 4.45. The van der Waals surface area contributed by atoms with Crippen molar-refractivity contribution in [1.82, 2.24) is 0 Å². The van der Waals surface area contributed by atoms with E-state index in [1.807, 2.05) is 66.7 Å². The van der Waals surface area contributed by atoms with Crippen LogP contribution >= 0.6 is 0 Å². The molecule has 6 rings (SSSR count). The summed E-state index contributed by atoms with van der Waals surface area (Å²) < 4.78 is 13.0. The van der Waals surface area contributed by atoms with E-state index in [4.69, 9.17) is 9.47 Å². The fourth-order valence-corrected chi connectivity index (χ4v) is 5.53. The number of carbonyl (C=O) groups excluding carboxylic acids is 1. The van der Waals surface area contributed by atoms with Crippen LogP contribution in [0.15, 0.2) is 91.0 Å². The van der Waals surface area contributed by atoms with E-state index in [1.54, 1.807) is 24.3 Å². The van der Waals surface area contributed by atoms with Crippen LogP contribution in [0.3, 0.4) is 0 Å². The zero-order valence-corrected chi connectivity index (χ0v) is 21.3. The lowest BCUT2D eigenvalue weighted by atomic mass is 9.82. The standard InChI is InChI=1S/C29H32NO4.BrH/c31-28(29(32,24-10-4-1-5-11-24)25-12-6-2-7-13-25)34-27-22-30(18-16-23(27)17-19-30)20-21-33-26-14-8-3-9-15-26;/h1-15,23,27,32H,16-22H2;1H/q+1;/p-1. The lowest BCUT2D eigenvalue weighted by Gasteiger charge is -2.52. The molecule has 0 spiro atoms. The first-order valence-electron chi connectivity index (χ1n) is 12.2. The number of para-hydroxylation sites is 1. The van der Waals surface area contributed by atoms with E-state index < -0.39 is 11.6 Å². The molecule has 6 heteroatoms. The summed E-state index contributed by atoms with van der Waals surface area (Å²) in [6, 6.07) is 28.1. The third kappa shape index (κ3) is 5.30. The van der Waals surface area contributed by atoms with Crippen molar-refractivity contribution in [2.24, 2.45) is 5.92 Å². The van der Waals surface area contributed by atoms with E-state index in [1.165, 1.54) is 0 Å². The summed E-state index contributed by atoms with van der Waals surface area (Å²) in [7, 11) is 0. The van der Waals surface area contributed by atoms with Crippen LogP contribution in [-0.2, 0) is 15.1 Å². The molecular formula is C29H32BrNO4. The normalized spacial score (nSPS) is 23.2. The summed E-state index contributed by atoms with van der Waals surface area (Å²) in [5, 5.41) is 11.8. The first kappa shape index (κ1) is 25.4. The van der Waals surface area contributed by atoms with E-state index in [9.17, 15) is 9.90 Å². The van der Waals surface area contributed by atoms with Crippen molar-refractivity contribution < 1.29 is 40.8 Å². The first-order chi connectivity index (χ1) is 16.6. The molecule has 3 saturated heterocycles. The minimum Gasteiger partial charge on any atom is -1.00 e. The molecule has 3 aliphatic rings. The Morgan fingerprint density at radius 2 is 1.37 bits per heavy atom. The quantitative estimate of drug-likeness (QED) is 0.346. The maximum atomic E-state index is 13.6. The van der Waals surface area contributed by atoms with Crippen molar-refractivity contribution in [3.8, 4) is 5.75 Å². The molecule has 2 bridgehead atoms. The molecule has 0 radical (unpaired) electrons. The fourth-order valence-electron chi connectivity index (χ4n) is 5.53. The number of quaternary nitrogens is 1. The fraction of sp³-hybridized carbons (Fsp3) is 0.345. The Kier molecular flexibility index (Phi) is 7.95. The Bertz CT molecular complexity index is 1050. The smallest absolute Gasteiger partial charge is 0.348 e. The zero-order chi connectivity index (χ0) is 23.4. The van der Waals surface area contributed by atoms with Crippen LogP contribution in [0.2, 0.25) is 0 Å². The van der Waals surface area contributed by atoms with Gasteiger partial charge >= 0.3 is 5.97 Å². The Labute approximate surface area is 217 Å². The second kappa shape index (κ2) is 10.9. The molecule has 0 amide bonds. The van der Waals surface area contributed by atoms with Gasteiger partial charge in [0.1, 0.15) is 25.4 Å². The van der Waals surface area contributed by atoms with Crippen molar-refractivity contribution in [2.45, 2.75) is 24.5 Å². The lowest BCUT2D eigenvalue weighted by molar-refractivity contribution is -0.946. The van der Waals surface area contributed by atoms with Gasteiger partial charge in [-0.15, -0.1) is 0 Å². The molecular weight excluding hydrogens is 506 g/mol. The molecule has 3 aromatic carbocycles. The van der Waals surface area contributed by atoms with Gasteiger partial charge in [0.2, 0.25) is 5.60 Å². The number of carbonyl (C=O) groups is 1. The van der Waals surface area contributed by atoms with Gasteiger partial charge < -0.3 is 36.0 Å². The van der Waals surface area contributed by atoms with Gasteiger partial charge in [-0.05, 0) is 23.3 Å². The van der Waals surface area contributed by atoms with Gasteiger partial charge in [0.15, 0.2) is 6.10 Å². The molecule has 1 N–H and O–H groups in total. The molecule has 184 valence electrons. The number of piperidine rings is 3. The molecule has 3 fully saturated rings. The molecule has 5 nitrogen and oxygen atoms in total. The maximum absolute atomic E-state index is 13.6. The van der Waals surface area contributed by atoms with Gasteiger partial charge in [0.05, 0.1) is 13.1 Å². The van der Waals surface area contributed by atoms with Crippen LogP contribution in [0.1, 0.15) is 24.0 Å². The third-order valence-electron chi connectivity index (χ3n) is 7.56. The summed E-state index contributed by atoms with van der Waals surface area (Å²) >= 11 is 0. The Hall–Kier alpha value is -2.67. The number of esters is 1. The molecule has 0 aromatic heterocycles. The predicted molar refractivity (Wildman–Crippen MR) is 130 cm³/mol. The largest absolute Gasteiger partial charge is 1.00 e. The van der Waals surface area contributed by atoms with E-state index in [-0.39, 0.29) is 23.1 Å². The predicted octanol–water partition coefficient (Wildman–Crippen LogP) is 1.16. The molecule has 35 heavy (non-hydrogen) atoms. The second-order valence-electron chi connectivity index (χ2n) is 9.58. The molecule has 3 aliphatic heterocycles.